The Balaban J connectivity index is 1.50. The lowest BCUT2D eigenvalue weighted by Crippen LogP contribution is -2.70. The first kappa shape index (κ1) is 23.3. The Morgan fingerprint density at radius 3 is 2.58 bits per heavy atom. The van der Waals surface area contributed by atoms with Crippen molar-refractivity contribution in [2.24, 2.45) is 0 Å². The number of β-lactam (4-membered cyclic amide) rings is 1. The third kappa shape index (κ3) is 5.04. The van der Waals surface area contributed by atoms with Gasteiger partial charge in [0, 0.05) is 10.7 Å². The van der Waals surface area contributed by atoms with E-state index >= 15 is 0 Å². The maximum absolute atomic E-state index is 12.9. The molecule has 172 valence electrons. The summed E-state index contributed by atoms with van der Waals surface area (Å²) >= 11 is 2.75. The van der Waals surface area contributed by atoms with Gasteiger partial charge in [-0.1, -0.05) is 54.2 Å². The molecule has 2 aromatic carbocycles. The van der Waals surface area contributed by atoms with Crippen LogP contribution in [0.3, 0.4) is 0 Å². The average Bonchev–Trinajstić information content (AvgIpc) is 2.78. The molecule has 0 saturated carbocycles. The lowest BCUT2D eigenvalue weighted by Gasteiger charge is -2.49. The number of carboxylic acids is 1. The summed E-state index contributed by atoms with van der Waals surface area (Å²) in [5, 5.41) is 12.3. The van der Waals surface area contributed by atoms with Gasteiger partial charge in [0.15, 0.2) is 0 Å². The number of carboxylic acid groups (broad SMARTS) is 1. The van der Waals surface area contributed by atoms with Crippen molar-refractivity contribution < 1.29 is 24.2 Å². The molecule has 2 aliphatic rings. The van der Waals surface area contributed by atoms with Gasteiger partial charge in [-0.15, -0.1) is 11.8 Å². The first-order valence-electron chi connectivity index (χ1n) is 10.5. The summed E-state index contributed by atoms with van der Waals surface area (Å²) in [5.74, 6) is -0.742. The Hall–Kier alpha value is -2.91. The molecule has 2 aromatic rings. The molecule has 0 bridgehead atoms. The molecular formula is C24H24N2O5S2. The molecule has 9 heteroatoms. The molecule has 2 amide bonds. The predicted octanol–water partition coefficient (Wildman–Crippen LogP) is 3.50. The molecule has 0 unspecified atom stereocenters. The van der Waals surface area contributed by atoms with E-state index in [4.69, 9.17) is 4.74 Å². The molecule has 0 aromatic heterocycles. The van der Waals surface area contributed by atoms with Gasteiger partial charge in [0.2, 0.25) is 5.91 Å². The van der Waals surface area contributed by atoms with Crippen molar-refractivity contribution in [3.63, 3.8) is 0 Å². The lowest BCUT2D eigenvalue weighted by molar-refractivity contribution is -0.150. The van der Waals surface area contributed by atoms with Crippen molar-refractivity contribution in [3.8, 4) is 5.75 Å². The second kappa shape index (κ2) is 9.93. The first-order chi connectivity index (χ1) is 15.8. The van der Waals surface area contributed by atoms with Gasteiger partial charge in [-0.05, 0) is 31.5 Å². The van der Waals surface area contributed by atoms with E-state index in [0.29, 0.717) is 16.4 Å². The van der Waals surface area contributed by atoms with Crippen LogP contribution < -0.4 is 10.1 Å². The van der Waals surface area contributed by atoms with Crippen LogP contribution in [-0.4, -0.2) is 51.1 Å². The average molecular weight is 485 g/mol. The number of benzene rings is 2. The van der Waals surface area contributed by atoms with Crippen LogP contribution in [0.25, 0.3) is 0 Å². The molecule has 1 saturated heterocycles. The smallest absolute Gasteiger partial charge is 0.353 e. The molecule has 1 fully saturated rings. The second-order valence-electron chi connectivity index (χ2n) is 7.91. The van der Waals surface area contributed by atoms with Gasteiger partial charge in [0.25, 0.3) is 5.91 Å². The number of thioether (sulfide) groups is 2. The Morgan fingerprint density at radius 2 is 1.88 bits per heavy atom. The van der Waals surface area contributed by atoms with E-state index < -0.39 is 23.3 Å². The summed E-state index contributed by atoms with van der Waals surface area (Å²) in [6, 6.07) is 16.0. The van der Waals surface area contributed by atoms with Crippen LogP contribution >= 0.6 is 23.5 Å². The van der Waals surface area contributed by atoms with Gasteiger partial charge in [0.05, 0.1) is 17.4 Å². The minimum Gasteiger partial charge on any atom is -0.490 e. The van der Waals surface area contributed by atoms with Gasteiger partial charge in [-0.25, -0.2) is 4.79 Å². The van der Waals surface area contributed by atoms with Crippen LogP contribution in [0.2, 0.25) is 0 Å². The number of carbonyl (C=O) groups is 3. The summed E-state index contributed by atoms with van der Waals surface area (Å²) in [6.45, 7) is 3.85. The SMILES string of the molecule is CC(C)Oc1ccccc1SC1=C(C(=O)O)N2C(=O)[C@@H](NC(=O)Cc3ccccc3)[C@H]2SC1. The summed E-state index contributed by atoms with van der Waals surface area (Å²) in [7, 11) is 0. The largest absolute Gasteiger partial charge is 0.490 e. The number of carbonyl (C=O) groups excluding carboxylic acids is 2. The van der Waals surface area contributed by atoms with E-state index in [1.54, 1.807) is 0 Å². The van der Waals surface area contributed by atoms with Gasteiger partial charge in [-0.3, -0.25) is 14.5 Å². The Kier molecular flexibility index (Phi) is 6.99. The molecule has 0 radical (unpaired) electrons. The van der Waals surface area contributed by atoms with Crippen LogP contribution in [0.5, 0.6) is 5.75 Å². The quantitative estimate of drug-likeness (QED) is 0.554. The summed E-state index contributed by atoms with van der Waals surface area (Å²) in [4.78, 5) is 40.1. The summed E-state index contributed by atoms with van der Waals surface area (Å²) in [6.07, 6.45) is 0.138. The molecule has 2 heterocycles. The van der Waals surface area contributed by atoms with Crippen LogP contribution in [0.4, 0.5) is 0 Å². The highest BCUT2D eigenvalue weighted by Gasteiger charge is 2.54. The lowest BCUT2D eigenvalue weighted by atomic mass is 10.0. The fourth-order valence-corrected chi connectivity index (χ4v) is 6.24. The van der Waals surface area contributed by atoms with E-state index in [-0.39, 0.29) is 24.1 Å². The third-order valence-electron chi connectivity index (χ3n) is 5.10. The van der Waals surface area contributed by atoms with Crippen LogP contribution in [0.1, 0.15) is 19.4 Å². The Labute approximate surface area is 200 Å². The number of rotatable bonds is 8. The van der Waals surface area contributed by atoms with Gasteiger partial charge >= 0.3 is 5.97 Å². The fraction of sp³-hybridized carbons (Fsp3) is 0.292. The first-order valence-corrected chi connectivity index (χ1v) is 12.4. The van der Waals surface area contributed by atoms with Crippen molar-refractivity contribution in [2.75, 3.05) is 5.75 Å². The van der Waals surface area contributed by atoms with Crippen LogP contribution in [-0.2, 0) is 20.8 Å². The minimum absolute atomic E-state index is 0.0259. The number of nitrogens with one attached hydrogen (secondary N) is 1. The number of ether oxygens (including phenoxy) is 1. The van der Waals surface area contributed by atoms with Gasteiger partial charge in [0.1, 0.15) is 22.9 Å². The normalized spacial score (nSPS) is 19.7. The summed E-state index contributed by atoms with van der Waals surface area (Å²) in [5.41, 5.74) is 0.823. The third-order valence-corrected chi connectivity index (χ3v) is 7.71. The van der Waals surface area contributed by atoms with Crippen molar-refractivity contribution >= 4 is 41.3 Å². The van der Waals surface area contributed by atoms with Crippen LogP contribution in [0.15, 0.2) is 70.1 Å². The number of hydrogen-bond donors (Lipinski definition) is 2. The van der Waals surface area contributed by atoms with E-state index in [1.807, 2.05) is 68.4 Å². The molecular weight excluding hydrogens is 460 g/mol. The maximum Gasteiger partial charge on any atom is 0.353 e. The molecule has 0 aliphatic carbocycles. The topological polar surface area (TPSA) is 95.9 Å². The Morgan fingerprint density at radius 1 is 1.18 bits per heavy atom. The standard InChI is InChI=1S/C24H24N2O5S2/c1-14(2)31-16-10-6-7-11-17(16)33-18-13-32-23-20(22(28)26(23)21(18)24(29)30)25-19(27)12-15-8-4-3-5-9-15/h3-11,14,20,23H,12-13H2,1-2H3,(H,25,27)(H,29,30)/t20-,23-/m1/s1. The fourth-order valence-electron chi connectivity index (χ4n) is 3.69. The molecule has 2 aliphatic heterocycles. The molecule has 7 nitrogen and oxygen atoms in total. The van der Waals surface area contributed by atoms with Gasteiger partial charge < -0.3 is 15.2 Å². The number of fused-ring (bicyclic) bond motifs is 1. The number of hydrogen-bond acceptors (Lipinski definition) is 6. The Bertz CT molecular complexity index is 1100. The highest BCUT2D eigenvalue weighted by Crippen LogP contribution is 2.46. The molecule has 2 N–H and O–H groups in total. The van der Waals surface area contributed by atoms with E-state index in [9.17, 15) is 19.5 Å². The summed E-state index contributed by atoms with van der Waals surface area (Å²) < 4.78 is 5.85. The molecule has 33 heavy (non-hydrogen) atoms. The van der Waals surface area contributed by atoms with Gasteiger partial charge in [-0.2, -0.15) is 0 Å². The van der Waals surface area contributed by atoms with E-state index in [0.717, 1.165) is 10.5 Å². The second-order valence-corrected chi connectivity index (χ2v) is 10.2. The van der Waals surface area contributed by atoms with E-state index in [2.05, 4.69) is 5.32 Å². The maximum atomic E-state index is 12.9. The monoisotopic (exact) mass is 484 g/mol. The van der Waals surface area contributed by atoms with Crippen molar-refractivity contribution in [3.05, 3.63) is 70.8 Å². The number of nitrogens with zero attached hydrogens (tertiary/aromatic N) is 1. The van der Waals surface area contributed by atoms with Crippen LogP contribution in [0, 0.1) is 0 Å². The molecule has 2 atom stereocenters. The highest BCUT2D eigenvalue weighted by molar-refractivity contribution is 8.06. The number of aliphatic carboxylic acids is 1. The minimum atomic E-state index is -1.16. The zero-order chi connectivity index (χ0) is 23.5. The van der Waals surface area contributed by atoms with Crippen molar-refractivity contribution in [2.45, 2.75) is 42.7 Å². The zero-order valence-corrected chi connectivity index (χ0v) is 19.8. The molecule has 0 spiro atoms. The van der Waals surface area contributed by atoms with Crippen molar-refractivity contribution in [1.82, 2.24) is 10.2 Å². The number of para-hydroxylation sites is 1. The van der Waals surface area contributed by atoms with Crippen molar-refractivity contribution in [1.29, 1.82) is 0 Å². The predicted molar refractivity (Wildman–Crippen MR) is 128 cm³/mol. The van der Waals surface area contributed by atoms with E-state index in [1.165, 1.54) is 28.4 Å². The number of amides is 2. The molecule has 4 rings (SSSR count). The zero-order valence-electron chi connectivity index (χ0n) is 18.2. The highest BCUT2D eigenvalue weighted by atomic mass is 32.2.